The fraction of sp³-hybridized carbons (Fsp3) is 0.545. The van der Waals surface area contributed by atoms with Gasteiger partial charge in [0, 0.05) is 6.08 Å². The molecular formula is C11H17NO2. The van der Waals surface area contributed by atoms with Crippen molar-refractivity contribution in [1.29, 1.82) is 0 Å². The largest absolute Gasteiger partial charge is 0.508 e. The minimum absolute atomic E-state index is 0.0432. The average molecular weight is 195 g/mol. The molecule has 14 heavy (non-hydrogen) atoms. The van der Waals surface area contributed by atoms with Gasteiger partial charge in [0.2, 0.25) is 0 Å². The highest BCUT2D eigenvalue weighted by Gasteiger charge is 2.15. The van der Waals surface area contributed by atoms with Crippen LogP contribution >= 0.6 is 0 Å². The highest BCUT2D eigenvalue weighted by molar-refractivity contribution is 5.97. The Labute approximate surface area is 84.5 Å². The van der Waals surface area contributed by atoms with Crippen LogP contribution in [0.3, 0.4) is 0 Å². The molecule has 0 heterocycles. The maximum Gasteiger partial charge on any atom is 0.180 e. The van der Waals surface area contributed by atoms with E-state index in [1.54, 1.807) is 12.2 Å². The Morgan fingerprint density at radius 3 is 2.93 bits per heavy atom. The number of rotatable bonds is 5. The van der Waals surface area contributed by atoms with Crippen LogP contribution in [0, 0.1) is 0 Å². The first-order valence-corrected chi connectivity index (χ1v) is 5.10. The molecule has 0 aromatic rings. The molecule has 0 saturated heterocycles. The molecule has 1 aliphatic rings. The summed E-state index contributed by atoms with van der Waals surface area (Å²) in [7, 11) is 0. The normalized spacial score (nSPS) is 21.1. The number of unbranched alkanes of at least 4 members (excludes halogenated alkanes) is 2. The number of carbonyl (C=O) groups excluding carboxylic acids is 1. The zero-order chi connectivity index (χ0) is 10.4. The quantitative estimate of drug-likeness (QED) is 0.657. The third-order valence-corrected chi connectivity index (χ3v) is 2.20. The Morgan fingerprint density at radius 1 is 1.50 bits per heavy atom. The molecule has 3 heteroatoms. The Balaban J connectivity index is 2.26. The predicted molar refractivity (Wildman–Crippen MR) is 56.2 cm³/mol. The summed E-state index contributed by atoms with van der Waals surface area (Å²) in [5, 5.41) is 12.2. The van der Waals surface area contributed by atoms with Gasteiger partial charge in [0.05, 0.1) is 6.04 Å². The Kier molecular flexibility index (Phi) is 4.40. The first-order valence-electron chi connectivity index (χ1n) is 5.10. The molecule has 0 saturated carbocycles. The summed E-state index contributed by atoms with van der Waals surface area (Å²) in [6.45, 7) is 3.00. The Hall–Kier alpha value is -1.09. The van der Waals surface area contributed by atoms with Gasteiger partial charge in [-0.15, -0.1) is 0 Å². The van der Waals surface area contributed by atoms with Crippen LogP contribution in [-0.2, 0) is 4.79 Å². The van der Waals surface area contributed by atoms with Crippen LogP contribution in [0.5, 0.6) is 0 Å². The number of carbonyl (C=O) groups is 1. The van der Waals surface area contributed by atoms with Gasteiger partial charge in [-0.05, 0) is 19.0 Å². The van der Waals surface area contributed by atoms with Crippen molar-refractivity contribution in [3.8, 4) is 0 Å². The monoisotopic (exact) mass is 195 g/mol. The topological polar surface area (TPSA) is 49.3 Å². The van der Waals surface area contributed by atoms with Gasteiger partial charge in [-0.3, -0.25) is 4.79 Å². The lowest BCUT2D eigenvalue weighted by Crippen LogP contribution is -2.36. The summed E-state index contributed by atoms with van der Waals surface area (Å²) < 4.78 is 0. The van der Waals surface area contributed by atoms with E-state index in [4.69, 9.17) is 5.11 Å². The zero-order valence-corrected chi connectivity index (χ0v) is 8.49. The van der Waals surface area contributed by atoms with Gasteiger partial charge in [0.15, 0.2) is 5.78 Å². The lowest BCUT2D eigenvalue weighted by molar-refractivity contribution is -0.115. The van der Waals surface area contributed by atoms with Crippen molar-refractivity contribution in [2.45, 2.75) is 32.2 Å². The number of ketones is 1. The van der Waals surface area contributed by atoms with Crippen molar-refractivity contribution in [2.75, 3.05) is 6.54 Å². The molecule has 1 unspecified atom stereocenters. The summed E-state index contributed by atoms with van der Waals surface area (Å²) in [4.78, 5) is 11.3. The lowest BCUT2D eigenvalue weighted by Gasteiger charge is -2.14. The fourth-order valence-electron chi connectivity index (χ4n) is 1.37. The number of hydrogen-bond acceptors (Lipinski definition) is 3. The van der Waals surface area contributed by atoms with Gasteiger partial charge in [0.1, 0.15) is 5.76 Å². The van der Waals surface area contributed by atoms with Crippen molar-refractivity contribution < 1.29 is 9.90 Å². The number of allylic oxidation sites excluding steroid dienone is 1. The van der Waals surface area contributed by atoms with E-state index >= 15 is 0 Å². The van der Waals surface area contributed by atoms with Crippen molar-refractivity contribution in [3.63, 3.8) is 0 Å². The average Bonchev–Trinajstić information content (AvgIpc) is 2.15. The first kappa shape index (κ1) is 11.0. The van der Waals surface area contributed by atoms with E-state index in [0.29, 0.717) is 0 Å². The number of aliphatic hydroxyl groups excluding tert-OH is 1. The molecule has 1 aliphatic carbocycles. The molecule has 0 radical (unpaired) electrons. The van der Waals surface area contributed by atoms with Crippen molar-refractivity contribution in [1.82, 2.24) is 5.32 Å². The zero-order valence-electron chi connectivity index (χ0n) is 8.49. The molecule has 0 spiro atoms. The first-order chi connectivity index (χ1) is 6.74. The summed E-state index contributed by atoms with van der Waals surface area (Å²) in [6, 6.07) is -0.247. The molecule has 0 aliphatic heterocycles. The molecule has 0 fully saturated rings. The van der Waals surface area contributed by atoms with E-state index in [1.807, 2.05) is 0 Å². The molecule has 0 bridgehead atoms. The molecule has 0 aromatic heterocycles. The van der Waals surface area contributed by atoms with Gasteiger partial charge in [-0.1, -0.05) is 25.8 Å². The standard InChI is InChI=1S/C11H17NO2/c1-2-3-4-7-12-10-6-5-9(13)8-11(10)14/h5-6,8,10,12-13H,2-4,7H2,1H3. The molecule has 78 valence electrons. The summed E-state index contributed by atoms with van der Waals surface area (Å²) in [6.07, 6.45) is 7.96. The van der Waals surface area contributed by atoms with Crippen LogP contribution in [-0.4, -0.2) is 23.5 Å². The van der Waals surface area contributed by atoms with Gasteiger partial charge in [-0.25, -0.2) is 0 Å². The summed E-state index contributed by atoms with van der Waals surface area (Å²) >= 11 is 0. The van der Waals surface area contributed by atoms with Crippen LogP contribution in [0.2, 0.25) is 0 Å². The van der Waals surface area contributed by atoms with E-state index in [0.717, 1.165) is 13.0 Å². The maximum absolute atomic E-state index is 11.3. The lowest BCUT2D eigenvalue weighted by atomic mass is 10.1. The number of hydrogen-bond donors (Lipinski definition) is 2. The molecule has 1 rings (SSSR count). The van der Waals surface area contributed by atoms with Crippen LogP contribution in [0.4, 0.5) is 0 Å². The van der Waals surface area contributed by atoms with Crippen LogP contribution in [0.1, 0.15) is 26.2 Å². The molecule has 2 N–H and O–H groups in total. The highest BCUT2D eigenvalue weighted by atomic mass is 16.3. The predicted octanol–water partition coefficient (Wildman–Crippen LogP) is 1.72. The second-order valence-corrected chi connectivity index (χ2v) is 3.47. The third-order valence-electron chi connectivity index (χ3n) is 2.20. The second-order valence-electron chi connectivity index (χ2n) is 3.47. The van der Waals surface area contributed by atoms with E-state index < -0.39 is 0 Å². The van der Waals surface area contributed by atoms with Crippen molar-refractivity contribution >= 4 is 5.78 Å². The maximum atomic E-state index is 11.3. The van der Waals surface area contributed by atoms with E-state index in [1.165, 1.54) is 18.9 Å². The highest BCUT2D eigenvalue weighted by Crippen LogP contribution is 2.05. The molecular weight excluding hydrogens is 178 g/mol. The summed E-state index contributed by atoms with van der Waals surface area (Å²) in [5.41, 5.74) is 0. The van der Waals surface area contributed by atoms with Crippen LogP contribution in [0.15, 0.2) is 24.0 Å². The van der Waals surface area contributed by atoms with E-state index in [9.17, 15) is 4.79 Å². The van der Waals surface area contributed by atoms with Gasteiger partial charge in [-0.2, -0.15) is 0 Å². The van der Waals surface area contributed by atoms with Crippen LogP contribution < -0.4 is 5.32 Å². The summed E-state index contributed by atoms with van der Waals surface area (Å²) in [5.74, 6) is -0.0249. The molecule has 0 amide bonds. The minimum Gasteiger partial charge on any atom is -0.508 e. The van der Waals surface area contributed by atoms with Gasteiger partial charge >= 0.3 is 0 Å². The smallest absolute Gasteiger partial charge is 0.180 e. The minimum atomic E-state index is -0.247. The Morgan fingerprint density at radius 2 is 2.29 bits per heavy atom. The molecule has 1 atom stereocenters. The third kappa shape index (κ3) is 3.34. The van der Waals surface area contributed by atoms with Gasteiger partial charge < -0.3 is 10.4 Å². The Bertz CT molecular complexity index is 256. The SMILES string of the molecule is CCCCCNC1C=CC(O)=CC1=O. The van der Waals surface area contributed by atoms with Crippen molar-refractivity contribution in [3.05, 3.63) is 24.0 Å². The number of nitrogens with one attached hydrogen (secondary N) is 1. The molecule has 3 nitrogen and oxygen atoms in total. The second kappa shape index (κ2) is 5.60. The number of aliphatic hydroxyl groups is 1. The fourth-order valence-corrected chi connectivity index (χ4v) is 1.37. The van der Waals surface area contributed by atoms with Gasteiger partial charge in [0.25, 0.3) is 0 Å². The van der Waals surface area contributed by atoms with E-state index in [2.05, 4.69) is 12.2 Å². The van der Waals surface area contributed by atoms with E-state index in [-0.39, 0.29) is 17.6 Å². The van der Waals surface area contributed by atoms with Crippen LogP contribution in [0.25, 0.3) is 0 Å². The molecule has 0 aromatic carbocycles. The van der Waals surface area contributed by atoms with Crippen molar-refractivity contribution in [2.24, 2.45) is 0 Å².